The molecule has 0 saturated heterocycles. The van der Waals surface area contributed by atoms with Crippen molar-refractivity contribution in [1.29, 1.82) is 0 Å². The summed E-state index contributed by atoms with van der Waals surface area (Å²) >= 11 is 0. The van der Waals surface area contributed by atoms with Gasteiger partial charge >= 0.3 is 5.97 Å². The molecule has 3 aromatic rings. The molecule has 3 rings (SSSR count). The summed E-state index contributed by atoms with van der Waals surface area (Å²) in [6, 6.07) is 13.0. The molecule has 2 aromatic carbocycles. The van der Waals surface area contributed by atoms with Crippen molar-refractivity contribution in [3.05, 3.63) is 59.4 Å². The van der Waals surface area contributed by atoms with Crippen molar-refractivity contribution in [2.24, 2.45) is 0 Å². The zero-order valence-electron chi connectivity index (χ0n) is 12.8. The average molecular weight is 312 g/mol. The number of hydrogen-bond acceptors (Lipinski definition) is 4. The zero-order chi connectivity index (χ0) is 16.4. The summed E-state index contributed by atoms with van der Waals surface area (Å²) in [6.45, 7) is 0. The van der Waals surface area contributed by atoms with E-state index in [4.69, 9.17) is 13.9 Å². The van der Waals surface area contributed by atoms with Gasteiger partial charge in [0, 0.05) is 11.8 Å². The highest BCUT2D eigenvalue weighted by Gasteiger charge is 2.21. The van der Waals surface area contributed by atoms with Crippen LogP contribution in [0.2, 0.25) is 0 Å². The van der Waals surface area contributed by atoms with E-state index in [1.165, 1.54) is 20.3 Å². The summed E-state index contributed by atoms with van der Waals surface area (Å²) in [5.74, 6) is 0.355. The van der Waals surface area contributed by atoms with E-state index in [-0.39, 0.29) is 5.56 Å². The maximum absolute atomic E-state index is 11.5. The molecule has 1 heterocycles. The highest BCUT2D eigenvalue weighted by Crippen LogP contribution is 2.40. The van der Waals surface area contributed by atoms with Gasteiger partial charge in [-0.2, -0.15) is 0 Å². The first-order chi connectivity index (χ1) is 11.1. The Hall–Kier alpha value is -2.95. The third-order valence-corrected chi connectivity index (χ3v) is 3.65. The molecule has 0 aliphatic carbocycles. The Bertz CT molecular complexity index is 849. The normalized spacial score (nSPS) is 10.7. The Kier molecular flexibility index (Phi) is 3.93. The number of carbonyl (C=O) groups is 1. The van der Waals surface area contributed by atoms with E-state index >= 15 is 0 Å². The van der Waals surface area contributed by atoms with Gasteiger partial charge in [-0.25, -0.2) is 4.79 Å². The lowest BCUT2D eigenvalue weighted by atomic mass is 10.1. The topological polar surface area (TPSA) is 68.9 Å². The number of hydrogen-bond donors (Lipinski definition) is 1. The summed E-state index contributed by atoms with van der Waals surface area (Å²) in [5.41, 5.74) is 1.59. The molecule has 0 atom stereocenters. The minimum atomic E-state index is -1.04. The quantitative estimate of drug-likeness (QED) is 0.777. The average Bonchev–Trinajstić information content (AvgIpc) is 2.96. The molecule has 0 amide bonds. The van der Waals surface area contributed by atoms with E-state index < -0.39 is 5.97 Å². The SMILES string of the molecule is COc1cc(C(=O)O)c2cc(Cc3ccccc3)oc2c1OC. The second-order valence-electron chi connectivity index (χ2n) is 5.08. The fourth-order valence-corrected chi connectivity index (χ4v) is 2.60. The first-order valence-electron chi connectivity index (χ1n) is 7.08. The third-order valence-electron chi connectivity index (χ3n) is 3.65. The smallest absolute Gasteiger partial charge is 0.336 e. The number of methoxy groups -OCH3 is 2. The second-order valence-corrected chi connectivity index (χ2v) is 5.08. The van der Waals surface area contributed by atoms with Gasteiger partial charge in [0.2, 0.25) is 5.75 Å². The van der Waals surface area contributed by atoms with Crippen LogP contribution >= 0.6 is 0 Å². The van der Waals surface area contributed by atoms with Gasteiger partial charge in [0.05, 0.1) is 19.8 Å². The number of ether oxygens (including phenoxy) is 2. The third kappa shape index (κ3) is 2.73. The summed E-state index contributed by atoms with van der Waals surface area (Å²) in [7, 11) is 2.96. The minimum Gasteiger partial charge on any atom is -0.493 e. The summed E-state index contributed by atoms with van der Waals surface area (Å²) in [6.07, 6.45) is 0.569. The number of carboxylic acids is 1. The van der Waals surface area contributed by atoms with Gasteiger partial charge in [0.15, 0.2) is 11.3 Å². The number of benzene rings is 2. The predicted molar refractivity (Wildman–Crippen MR) is 85.5 cm³/mol. The zero-order valence-corrected chi connectivity index (χ0v) is 12.8. The first kappa shape index (κ1) is 15.0. The lowest BCUT2D eigenvalue weighted by Crippen LogP contribution is -1.99. The van der Waals surface area contributed by atoms with E-state index in [0.717, 1.165) is 5.56 Å². The molecule has 0 saturated carbocycles. The van der Waals surface area contributed by atoms with Gasteiger partial charge in [-0.05, 0) is 17.7 Å². The monoisotopic (exact) mass is 312 g/mol. The Labute approximate surface area is 133 Å². The van der Waals surface area contributed by atoms with E-state index in [1.54, 1.807) is 6.07 Å². The molecular formula is C18H16O5. The maximum atomic E-state index is 11.5. The van der Waals surface area contributed by atoms with Gasteiger partial charge in [0.25, 0.3) is 0 Å². The molecule has 0 spiro atoms. The van der Waals surface area contributed by atoms with Crippen molar-refractivity contribution >= 4 is 16.9 Å². The number of fused-ring (bicyclic) bond motifs is 1. The highest BCUT2D eigenvalue weighted by molar-refractivity contribution is 6.05. The van der Waals surface area contributed by atoms with E-state index in [1.807, 2.05) is 30.3 Å². The number of rotatable bonds is 5. The van der Waals surface area contributed by atoms with E-state index in [9.17, 15) is 9.90 Å². The van der Waals surface area contributed by atoms with Crippen LogP contribution in [0.25, 0.3) is 11.0 Å². The fraction of sp³-hybridized carbons (Fsp3) is 0.167. The van der Waals surface area contributed by atoms with Crippen molar-refractivity contribution in [3.63, 3.8) is 0 Å². The van der Waals surface area contributed by atoms with E-state index in [2.05, 4.69) is 0 Å². The largest absolute Gasteiger partial charge is 0.493 e. The van der Waals surface area contributed by atoms with Crippen LogP contribution < -0.4 is 9.47 Å². The van der Waals surface area contributed by atoms with Crippen LogP contribution in [0.1, 0.15) is 21.7 Å². The lowest BCUT2D eigenvalue weighted by molar-refractivity contribution is 0.0698. The minimum absolute atomic E-state index is 0.126. The Morgan fingerprint density at radius 3 is 2.48 bits per heavy atom. The molecule has 0 radical (unpaired) electrons. The number of furan rings is 1. The maximum Gasteiger partial charge on any atom is 0.336 e. The molecule has 0 bridgehead atoms. The van der Waals surface area contributed by atoms with Crippen LogP contribution in [0.5, 0.6) is 11.5 Å². The molecule has 1 N–H and O–H groups in total. The van der Waals surface area contributed by atoms with Crippen LogP contribution in [0, 0.1) is 0 Å². The molecular weight excluding hydrogens is 296 g/mol. The van der Waals surface area contributed by atoms with Gasteiger partial charge in [-0.15, -0.1) is 0 Å². The molecule has 0 aliphatic heterocycles. The van der Waals surface area contributed by atoms with Crippen LogP contribution in [0.4, 0.5) is 0 Å². The Balaban J connectivity index is 2.16. The molecule has 23 heavy (non-hydrogen) atoms. The molecule has 5 heteroatoms. The van der Waals surface area contributed by atoms with Gasteiger partial charge in [-0.3, -0.25) is 0 Å². The summed E-state index contributed by atoms with van der Waals surface area (Å²) < 4.78 is 16.4. The van der Waals surface area contributed by atoms with Crippen LogP contribution in [-0.2, 0) is 6.42 Å². The van der Waals surface area contributed by atoms with Gasteiger partial charge < -0.3 is 19.0 Å². The van der Waals surface area contributed by atoms with Crippen LogP contribution in [0.3, 0.4) is 0 Å². The van der Waals surface area contributed by atoms with Crippen molar-refractivity contribution in [1.82, 2.24) is 0 Å². The van der Waals surface area contributed by atoms with Crippen molar-refractivity contribution in [2.75, 3.05) is 14.2 Å². The second kappa shape index (κ2) is 6.04. The van der Waals surface area contributed by atoms with Gasteiger partial charge in [0.1, 0.15) is 5.76 Å². The molecule has 118 valence electrons. The summed E-state index contributed by atoms with van der Waals surface area (Å²) in [4.78, 5) is 11.5. The van der Waals surface area contributed by atoms with Crippen molar-refractivity contribution in [2.45, 2.75) is 6.42 Å². The van der Waals surface area contributed by atoms with Crippen LogP contribution in [-0.4, -0.2) is 25.3 Å². The Morgan fingerprint density at radius 1 is 1.13 bits per heavy atom. The number of aromatic carboxylic acids is 1. The first-order valence-corrected chi connectivity index (χ1v) is 7.08. The molecule has 5 nitrogen and oxygen atoms in total. The standard InChI is InChI=1S/C18H16O5/c1-21-15-10-14(18(19)20)13-9-12(23-16(13)17(15)22-2)8-11-6-4-3-5-7-11/h3-7,9-10H,8H2,1-2H3,(H,19,20). The molecule has 1 aromatic heterocycles. The molecule has 0 aliphatic rings. The van der Waals surface area contributed by atoms with E-state index in [0.29, 0.717) is 34.6 Å². The van der Waals surface area contributed by atoms with Gasteiger partial charge in [-0.1, -0.05) is 30.3 Å². The highest BCUT2D eigenvalue weighted by atomic mass is 16.5. The van der Waals surface area contributed by atoms with Crippen molar-refractivity contribution in [3.8, 4) is 11.5 Å². The Morgan fingerprint density at radius 2 is 1.87 bits per heavy atom. The number of carboxylic acid groups (broad SMARTS) is 1. The predicted octanol–water partition coefficient (Wildman–Crippen LogP) is 3.74. The molecule has 0 unspecified atom stereocenters. The molecule has 0 fully saturated rings. The summed E-state index contributed by atoms with van der Waals surface area (Å²) in [5, 5.41) is 9.93. The van der Waals surface area contributed by atoms with Crippen LogP contribution in [0.15, 0.2) is 46.9 Å². The fourth-order valence-electron chi connectivity index (χ4n) is 2.60. The lowest BCUT2D eigenvalue weighted by Gasteiger charge is -2.09. The van der Waals surface area contributed by atoms with Crippen molar-refractivity contribution < 1.29 is 23.8 Å².